The maximum absolute atomic E-state index is 9.14. The molecule has 0 aliphatic rings. The van der Waals surface area contributed by atoms with Gasteiger partial charge in [0.25, 0.3) is 5.22 Å². The summed E-state index contributed by atoms with van der Waals surface area (Å²) in [6, 6.07) is 6.97. The second-order valence-corrected chi connectivity index (χ2v) is 4.45. The summed E-state index contributed by atoms with van der Waals surface area (Å²) in [4.78, 5) is 0. The van der Waals surface area contributed by atoms with Crippen molar-refractivity contribution in [2.45, 2.75) is 18.6 Å². The van der Waals surface area contributed by atoms with Crippen molar-refractivity contribution >= 4 is 11.8 Å². The van der Waals surface area contributed by atoms with Crippen LogP contribution in [0.4, 0.5) is 0 Å². The lowest BCUT2D eigenvalue weighted by Gasteiger charge is -1.96. The Morgan fingerprint density at radius 3 is 2.69 bits per heavy atom. The molecule has 16 heavy (non-hydrogen) atoms. The number of aromatic nitrogens is 2. The lowest BCUT2D eigenvalue weighted by molar-refractivity contribution is 0.420. The third-order valence-electron chi connectivity index (χ3n) is 2.01. The van der Waals surface area contributed by atoms with Crippen LogP contribution < -0.4 is 0 Å². The summed E-state index contributed by atoms with van der Waals surface area (Å²) in [6.07, 6.45) is 0.595. The van der Waals surface area contributed by atoms with Crippen molar-refractivity contribution in [3.8, 4) is 5.75 Å². The van der Waals surface area contributed by atoms with Crippen LogP contribution in [0.1, 0.15) is 18.4 Å². The molecule has 0 amide bonds. The summed E-state index contributed by atoms with van der Waals surface area (Å²) in [7, 11) is 0. The van der Waals surface area contributed by atoms with Crippen molar-refractivity contribution in [2.24, 2.45) is 0 Å². The summed E-state index contributed by atoms with van der Waals surface area (Å²) in [5.74, 6) is 1.78. The number of nitrogens with zero attached hydrogens (tertiary/aromatic N) is 2. The van der Waals surface area contributed by atoms with Crippen LogP contribution in [0.2, 0.25) is 0 Å². The molecule has 4 nitrogen and oxygen atoms in total. The molecule has 1 N–H and O–H groups in total. The highest BCUT2D eigenvalue weighted by Gasteiger charge is 2.06. The van der Waals surface area contributed by atoms with E-state index in [-0.39, 0.29) is 5.75 Å². The average molecular weight is 236 g/mol. The Morgan fingerprint density at radius 2 is 2.00 bits per heavy atom. The van der Waals surface area contributed by atoms with Crippen molar-refractivity contribution in [1.29, 1.82) is 0 Å². The van der Waals surface area contributed by atoms with Gasteiger partial charge in [-0.25, -0.2) is 0 Å². The summed E-state index contributed by atoms with van der Waals surface area (Å²) < 4.78 is 5.44. The molecule has 2 aromatic rings. The molecule has 0 aliphatic heterocycles. The Kier molecular flexibility index (Phi) is 3.46. The fourth-order valence-corrected chi connectivity index (χ4v) is 1.78. The molecule has 1 heterocycles. The number of benzene rings is 1. The van der Waals surface area contributed by atoms with E-state index in [2.05, 4.69) is 10.2 Å². The summed E-state index contributed by atoms with van der Waals surface area (Å²) in [5, 5.41) is 17.6. The molecule has 0 aliphatic carbocycles. The highest BCUT2D eigenvalue weighted by atomic mass is 32.2. The van der Waals surface area contributed by atoms with E-state index in [0.717, 1.165) is 11.3 Å². The minimum absolute atomic E-state index is 0.261. The molecule has 0 radical (unpaired) electrons. The third-order valence-corrected chi connectivity index (χ3v) is 2.71. The van der Waals surface area contributed by atoms with Gasteiger partial charge in [-0.15, -0.1) is 10.2 Å². The standard InChI is InChI=1S/C11H12N2O2S/c1-2-16-11-13-12-10(15-11)7-8-3-5-9(14)6-4-8/h3-6,14H,2,7H2,1H3. The van der Waals surface area contributed by atoms with E-state index in [1.54, 1.807) is 12.1 Å². The van der Waals surface area contributed by atoms with Crippen LogP contribution in [0.25, 0.3) is 0 Å². The van der Waals surface area contributed by atoms with E-state index in [0.29, 0.717) is 17.5 Å². The normalized spacial score (nSPS) is 10.6. The predicted octanol–water partition coefficient (Wildman–Crippen LogP) is 2.48. The highest BCUT2D eigenvalue weighted by molar-refractivity contribution is 7.99. The molecule has 0 spiro atoms. The van der Waals surface area contributed by atoms with Crippen LogP contribution in [0.3, 0.4) is 0 Å². The topological polar surface area (TPSA) is 59.2 Å². The summed E-state index contributed by atoms with van der Waals surface area (Å²) in [6.45, 7) is 2.04. The van der Waals surface area contributed by atoms with E-state index in [9.17, 15) is 0 Å². The molecule has 2 rings (SSSR count). The number of hydrogen-bond donors (Lipinski definition) is 1. The zero-order valence-electron chi connectivity index (χ0n) is 8.88. The Morgan fingerprint density at radius 1 is 1.25 bits per heavy atom. The van der Waals surface area contributed by atoms with E-state index in [1.165, 1.54) is 11.8 Å². The Hall–Kier alpha value is -1.49. The van der Waals surface area contributed by atoms with Crippen LogP contribution in [-0.4, -0.2) is 21.1 Å². The summed E-state index contributed by atoms with van der Waals surface area (Å²) >= 11 is 1.53. The van der Waals surface area contributed by atoms with Gasteiger partial charge in [-0.05, 0) is 23.4 Å². The summed E-state index contributed by atoms with van der Waals surface area (Å²) in [5.41, 5.74) is 1.04. The molecule has 5 heteroatoms. The van der Waals surface area contributed by atoms with Gasteiger partial charge >= 0.3 is 0 Å². The number of rotatable bonds is 4. The number of phenols is 1. The molecule has 0 atom stereocenters. The van der Waals surface area contributed by atoms with Crippen LogP contribution >= 0.6 is 11.8 Å². The maximum atomic E-state index is 9.14. The first kappa shape index (κ1) is 11.0. The molecule has 0 fully saturated rings. The first-order valence-electron chi connectivity index (χ1n) is 5.01. The predicted molar refractivity (Wildman–Crippen MR) is 61.6 cm³/mol. The van der Waals surface area contributed by atoms with Gasteiger partial charge in [-0.3, -0.25) is 0 Å². The fourth-order valence-electron chi connectivity index (χ4n) is 1.28. The van der Waals surface area contributed by atoms with Gasteiger partial charge in [-0.1, -0.05) is 30.8 Å². The van der Waals surface area contributed by atoms with Crippen LogP contribution in [0.15, 0.2) is 33.9 Å². The Balaban J connectivity index is 2.05. The molecule has 0 unspecified atom stereocenters. The van der Waals surface area contributed by atoms with Gasteiger partial charge in [0.05, 0.1) is 6.42 Å². The van der Waals surface area contributed by atoms with E-state index < -0.39 is 0 Å². The van der Waals surface area contributed by atoms with Crippen LogP contribution in [-0.2, 0) is 6.42 Å². The van der Waals surface area contributed by atoms with Gasteiger partial charge in [0.1, 0.15) is 5.75 Å². The second-order valence-electron chi connectivity index (χ2n) is 3.24. The van der Waals surface area contributed by atoms with Gasteiger partial charge in [0.15, 0.2) is 0 Å². The van der Waals surface area contributed by atoms with E-state index in [4.69, 9.17) is 9.52 Å². The molecule has 84 valence electrons. The highest BCUT2D eigenvalue weighted by Crippen LogP contribution is 2.18. The first-order valence-corrected chi connectivity index (χ1v) is 5.99. The van der Waals surface area contributed by atoms with Crippen molar-refractivity contribution < 1.29 is 9.52 Å². The monoisotopic (exact) mass is 236 g/mol. The first-order chi connectivity index (χ1) is 7.78. The Labute approximate surface area is 97.7 Å². The van der Waals surface area contributed by atoms with Crippen molar-refractivity contribution in [3.63, 3.8) is 0 Å². The van der Waals surface area contributed by atoms with Gasteiger partial charge in [0.2, 0.25) is 5.89 Å². The zero-order chi connectivity index (χ0) is 11.4. The quantitative estimate of drug-likeness (QED) is 0.826. The zero-order valence-corrected chi connectivity index (χ0v) is 9.70. The molecule has 0 saturated heterocycles. The van der Waals surface area contributed by atoms with Gasteiger partial charge < -0.3 is 9.52 Å². The van der Waals surface area contributed by atoms with Gasteiger partial charge in [-0.2, -0.15) is 0 Å². The number of thioether (sulfide) groups is 1. The molecule has 0 saturated carbocycles. The van der Waals surface area contributed by atoms with Crippen LogP contribution in [0.5, 0.6) is 5.75 Å². The fraction of sp³-hybridized carbons (Fsp3) is 0.273. The molecular weight excluding hydrogens is 224 g/mol. The third kappa shape index (κ3) is 2.76. The van der Waals surface area contributed by atoms with E-state index >= 15 is 0 Å². The van der Waals surface area contributed by atoms with E-state index in [1.807, 2.05) is 19.1 Å². The Bertz CT molecular complexity index is 453. The number of phenolic OH excluding ortho intramolecular Hbond substituents is 1. The van der Waals surface area contributed by atoms with Crippen molar-refractivity contribution in [3.05, 3.63) is 35.7 Å². The molecule has 1 aromatic heterocycles. The second kappa shape index (κ2) is 5.03. The number of hydrogen-bond acceptors (Lipinski definition) is 5. The smallest absolute Gasteiger partial charge is 0.276 e. The maximum Gasteiger partial charge on any atom is 0.276 e. The minimum atomic E-state index is 0.261. The van der Waals surface area contributed by atoms with Gasteiger partial charge in [0, 0.05) is 0 Å². The molecular formula is C11H12N2O2S. The number of aromatic hydroxyl groups is 1. The molecule has 1 aromatic carbocycles. The van der Waals surface area contributed by atoms with Crippen LogP contribution in [0, 0.1) is 0 Å². The SMILES string of the molecule is CCSc1nnc(Cc2ccc(O)cc2)o1. The molecule has 0 bridgehead atoms. The largest absolute Gasteiger partial charge is 0.508 e. The van der Waals surface area contributed by atoms with Crippen molar-refractivity contribution in [1.82, 2.24) is 10.2 Å². The minimum Gasteiger partial charge on any atom is -0.508 e. The lowest BCUT2D eigenvalue weighted by atomic mass is 10.1. The van der Waals surface area contributed by atoms with Crippen molar-refractivity contribution in [2.75, 3.05) is 5.75 Å². The average Bonchev–Trinajstić information content (AvgIpc) is 2.70. The lowest BCUT2D eigenvalue weighted by Crippen LogP contribution is -1.87.